The van der Waals surface area contributed by atoms with E-state index in [4.69, 9.17) is 20.9 Å². The van der Waals surface area contributed by atoms with E-state index in [-0.39, 0.29) is 29.7 Å². The van der Waals surface area contributed by atoms with E-state index in [0.29, 0.717) is 50.1 Å². The minimum absolute atomic E-state index is 0.150. The van der Waals surface area contributed by atoms with Gasteiger partial charge in [-0.3, -0.25) is 4.98 Å². The second-order valence-electron chi connectivity index (χ2n) is 9.94. The molecule has 2 fully saturated rings. The zero-order valence-electron chi connectivity index (χ0n) is 21.0. The van der Waals surface area contributed by atoms with Gasteiger partial charge in [0.15, 0.2) is 23.1 Å². The van der Waals surface area contributed by atoms with Gasteiger partial charge in [-0.15, -0.1) is 0 Å². The Hall–Kier alpha value is -3.81. The number of hydrogen-bond acceptors (Lipinski definition) is 9. The quantitative estimate of drug-likeness (QED) is 0.367. The molecule has 0 unspecified atom stereocenters. The number of nitrogen functional groups attached to an aromatic ring is 1. The van der Waals surface area contributed by atoms with Gasteiger partial charge in [-0.2, -0.15) is 0 Å². The zero-order valence-corrected chi connectivity index (χ0v) is 21.0. The first-order chi connectivity index (χ1) is 18.8. The SMILES string of the molecule is Nc1ncnc2c1ncn2Cc1cc(-c2cc(F)c(F)cc2F)ncc1N1CCC[C@](N)([C@@H]2COCCO2)C1. The van der Waals surface area contributed by atoms with Crippen LogP contribution in [0.4, 0.5) is 24.7 Å². The van der Waals surface area contributed by atoms with Crippen molar-refractivity contribution < 1.29 is 22.6 Å². The Morgan fingerprint density at radius 2 is 1.87 bits per heavy atom. The van der Waals surface area contributed by atoms with Gasteiger partial charge in [0.05, 0.1) is 55.8 Å². The molecular weight excluding hydrogens is 513 g/mol. The van der Waals surface area contributed by atoms with E-state index >= 15 is 0 Å². The van der Waals surface area contributed by atoms with Crippen LogP contribution in [0, 0.1) is 17.5 Å². The van der Waals surface area contributed by atoms with Crippen LogP contribution in [0.25, 0.3) is 22.4 Å². The number of anilines is 2. The molecule has 0 saturated carbocycles. The van der Waals surface area contributed by atoms with Gasteiger partial charge in [0.1, 0.15) is 23.8 Å². The van der Waals surface area contributed by atoms with Gasteiger partial charge >= 0.3 is 0 Å². The van der Waals surface area contributed by atoms with Crippen LogP contribution in [-0.2, 0) is 16.0 Å². The fraction of sp³-hybridized carbons (Fsp3) is 0.385. The van der Waals surface area contributed by atoms with E-state index in [1.807, 2.05) is 0 Å². The summed E-state index contributed by atoms with van der Waals surface area (Å²) in [6.45, 7) is 2.91. The van der Waals surface area contributed by atoms with Gasteiger partial charge in [0.25, 0.3) is 0 Å². The van der Waals surface area contributed by atoms with Crippen LogP contribution < -0.4 is 16.4 Å². The Kier molecular flexibility index (Phi) is 6.57. The average Bonchev–Trinajstić information content (AvgIpc) is 3.35. The maximum atomic E-state index is 14.7. The lowest BCUT2D eigenvalue weighted by Crippen LogP contribution is -2.64. The lowest BCUT2D eigenvalue weighted by atomic mass is 9.84. The summed E-state index contributed by atoms with van der Waals surface area (Å²) in [5.41, 5.74) is 14.7. The normalized spacial score (nSPS) is 21.9. The minimum Gasteiger partial charge on any atom is -0.382 e. The maximum Gasteiger partial charge on any atom is 0.165 e. The summed E-state index contributed by atoms with van der Waals surface area (Å²) >= 11 is 0. The second kappa shape index (κ2) is 10.1. The Balaban J connectivity index is 1.41. The van der Waals surface area contributed by atoms with Crippen LogP contribution in [0.1, 0.15) is 18.4 Å². The molecule has 0 amide bonds. The van der Waals surface area contributed by atoms with Gasteiger partial charge < -0.3 is 30.4 Å². The molecular formula is C26H27F3N8O2. The van der Waals surface area contributed by atoms with Crippen LogP contribution in [0.15, 0.2) is 37.1 Å². The number of ether oxygens (including phenoxy) is 2. The van der Waals surface area contributed by atoms with E-state index in [1.165, 1.54) is 6.33 Å². The maximum absolute atomic E-state index is 14.7. The number of nitrogens with two attached hydrogens (primary N) is 2. The summed E-state index contributed by atoms with van der Waals surface area (Å²) in [5.74, 6) is -3.10. The third-order valence-electron chi connectivity index (χ3n) is 7.38. The number of benzene rings is 1. The number of fused-ring (bicyclic) bond motifs is 1. The highest BCUT2D eigenvalue weighted by Gasteiger charge is 2.41. The molecule has 1 aromatic carbocycles. The number of nitrogens with zero attached hydrogens (tertiary/aromatic N) is 6. The predicted molar refractivity (Wildman–Crippen MR) is 137 cm³/mol. The van der Waals surface area contributed by atoms with Crippen molar-refractivity contribution >= 4 is 22.7 Å². The van der Waals surface area contributed by atoms with Gasteiger partial charge in [-0.1, -0.05) is 0 Å². The van der Waals surface area contributed by atoms with E-state index < -0.39 is 23.0 Å². The number of rotatable bonds is 5. The first-order valence-corrected chi connectivity index (χ1v) is 12.6. The molecule has 2 aliphatic heterocycles. The summed E-state index contributed by atoms with van der Waals surface area (Å²) < 4.78 is 55.7. The fourth-order valence-corrected chi connectivity index (χ4v) is 5.37. The molecule has 0 radical (unpaired) electrons. The summed E-state index contributed by atoms with van der Waals surface area (Å²) in [4.78, 5) is 19.2. The fourth-order valence-electron chi connectivity index (χ4n) is 5.37. The minimum atomic E-state index is -1.27. The van der Waals surface area contributed by atoms with Crippen LogP contribution in [0.3, 0.4) is 0 Å². The monoisotopic (exact) mass is 540 g/mol. The molecule has 4 aromatic rings. The van der Waals surface area contributed by atoms with Crippen molar-refractivity contribution in [3.05, 3.63) is 60.1 Å². The van der Waals surface area contributed by atoms with Crippen LogP contribution in [0.5, 0.6) is 0 Å². The summed E-state index contributed by atoms with van der Waals surface area (Å²) in [6, 6.07) is 2.99. The lowest BCUT2D eigenvalue weighted by molar-refractivity contribution is -0.119. The molecule has 4 N–H and O–H groups in total. The van der Waals surface area contributed by atoms with Crippen molar-refractivity contribution in [3.8, 4) is 11.3 Å². The molecule has 0 spiro atoms. The third kappa shape index (κ3) is 4.77. The molecule has 2 aliphatic rings. The number of imidazole rings is 1. The first-order valence-electron chi connectivity index (χ1n) is 12.6. The molecule has 10 nitrogen and oxygen atoms in total. The van der Waals surface area contributed by atoms with Gasteiger partial charge in [-0.25, -0.2) is 28.1 Å². The molecule has 5 heterocycles. The number of aromatic nitrogens is 5. The second-order valence-corrected chi connectivity index (χ2v) is 9.94. The number of piperidine rings is 1. The number of hydrogen-bond donors (Lipinski definition) is 2. The Labute approximate surface area is 221 Å². The van der Waals surface area contributed by atoms with Crippen LogP contribution in [-0.4, -0.2) is 69.1 Å². The topological polar surface area (TPSA) is 130 Å². The van der Waals surface area contributed by atoms with Crippen LogP contribution in [0.2, 0.25) is 0 Å². The smallest absolute Gasteiger partial charge is 0.165 e. The Morgan fingerprint density at radius 3 is 2.69 bits per heavy atom. The highest BCUT2D eigenvalue weighted by atomic mass is 19.2. The molecule has 204 valence electrons. The zero-order chi connectivity index (χ0) is 27.1. The Morgan fingerprint density at radius 1 is 1.03 bits per heavy atom. The van der Waals surface area contributed by atoms with Crippen molar-refractivity contribution in [1.29, 1.82) is 0 Å². The average molecular weight is 541 g/mol. The largest absolute Gasteiger partial charge is 0.382 e. The van der Waals surface area contributed by atoms with E-state index in [1.54, 1.807) is 23.2 Å². The van der Waals surface area contributed by atoms with Crippen molar-refractivity contribution in [1.82, 2.24) is 24.5 Å². The van der Waals surface area contributed by atoms with Gasteiger partial charge in [-0.05, 0) is 30.5 Å². The van der Waals surface area contributed by atoms with Gasteiger partial charge in [0, 0.05) is 24.7 Å². The first kappa shape index (κ1) is 25.5. The van der Waals surface area contributed by atoms with E-state index in [2.05, 4.69) is 24.8 Å². The molecule has 3 aromatic heterocycles. The number of pyridine rings is 1. The van der Waals surface area contributed by atoms with Crippen molar-refractivity contribution in [2.24, 2.45) is 5.73 Å². The van der Waals surface area contributed by atoms with Crippen LogP contribution >= 0.6 is 0 Å². The lowest BCUT2D eigenvalue weighted by Gasteiger charge is -2.46. The van der Waals surface area contributed by atoms with Gasteiger partial charge in [0.2, 0.25) is 0 Å². The summed E-state index contributed by atoms with van der Waals surface area (Å²) in [5, 5.41) is 0. The van der Waals surface area contributed by atoms with E-state index in [0.717, 1.165) is 30.2 Å². The third-order valence-corrected chi connectivity index (χ3v) is 7.38. The number of halogens is 3. The molecule has 0 bridgehead atoms. The summed E-state index contributed by atoms with van der Waals surface area (Å²) in [7, 11) is 0. The summed E-state index contributed by atoms with van der Waals surface area (Å²) in [6.07, 6.45) is 5.88. The standard InChI is InChI=1S/C26H27F3N8O2/c27-17-8-19(29)18(28)7-16(17)20-6-15(10-37-14-35-23-24(30)33-13-34-25(23)37)21(9-32-20)36-3-1-2-26(31,12-36)22-11-38-4-5-39-22/h6-9,13-14,22H,1-5,10-12,31H2,(H2,30,33,34)/t22-,26+/m0/s1. The molecule has 6 rings (SSSR count). The molecule has 2 atom stereocenters. The molecule has 0 aliphatic carbocycles. The highest BCUT2D eigenvalue weighted by molar-refractivity contribution is 5.81. The predicted octanol–water partition coefficient (Wildman–Crippen LogP) is 2.65. The van der Waals surface area contributed by atoms with E-state index in [9.17, 15) is 13.2 Å². The highest BCUT2D eigenvalue weighted by Crippen LogP contribution is 2.34. The van der Waals surface area contributed by atoms with Crippen molar-refractivity contribution in [2.75, 3.05) is 43.5 Å². The Bertz CT molecular complexity index is 1530. The van der Waals surface area contributed by atoms with Crippen molar-refractivity contribution in [2.45, 2.75) is 31.0 Å². The molecule has 13 heteroatoms. The molecule has 2 saturated heterocycles. The molecule has 39 heavy (non-hydrogen) atoms. The van der Waals surface area contributed by atoms with Crippen molar-refractivity contribution in [3.63, 3.8) is 0 Å².